The zero-order valence-electron chi connectivity index (χ0n) is 13.8. The molecule has 2 heteroatoms. The monoisotopic (exact) mass is 331 g/mol. The molecule has 0 unspecified atom stereocenters. The molecule has 0 saturated carbocycles. The van der Waals surface area contributed by atoms with Crippen molar-refractivity contribution < 1.29 is 4.42 Å². The van der Waals surface area contributed by atoms with Gasteiger partial charge in [-0.15, -0.1) is 0 Å². The Morgan fingerprint density at radius 3 is 1.96 bits per heavy atom. The minimum atomic E-state index is 0.952. The van der Waals surface area contributed by atoms with Crippen LogP contribution in [0.3, 0.4) is 0 Å². The fraction of sp³-hybridized carbons (Fsp3) is 0. The molecule has 0 amide bonds. The first-order chi connectivity index (χ1) is 12.9. The maximum absolute atomic E-state index is 6.25. The summed E-state index contributed by atoms with van der Waals surface area (Å²) in [6.45, 7) is 0. The lowest BCUT2D eigenvalue weighted by molar-refractivity contribution is 0.669. The lowest BCUT2D eigenvalue weighted by atomic mass is 9.95. The number of hydrogen-bond acceptors (Lipinski definition) is 1. The van der Waals surface area contributed by atoms with Crippen molar-refractivity contribution in [3.05, 3.63) is 72.8 Å². The van der Waals surface area contributed by atoms with E-state index < -0.39 is 0 Å². The number of fused-ring (bicyclic) bond motifs is 3. The van der Waals surface area contributed by atoms with Crippen molar-refractivity contribution >= 4 is 65.3 Å². The molecule has 0 aliphatic heterocycles. The number of nitrogens with one attached hydrogen (secondary N) is 1. The Bertz CT molecular complexity index is 1510. The first kappa shape index (κ1) is 12.8. The predicted octanol–water partition coefficient (Wildman–Crippen LogP) is 6.96. The van der Waals surface area contributed by atoms with Crippen molar-refractivity contribution in [3.63, 3.8) is 0 Å². The largest absolute Gasteiger partial charge is 0.456 e. The van der Waals surface area contributed by atoms with Gasteiger partial charge in [0.05, 0.1) is 0 Å². The van der Waals surface area contributed by atoms with Gasteiger partial charge in [0.15, 0.2) is 0 Å². The number of aromatic nitrogens is 1. The van der Waals surface area contributed by atoms with Gasteiger partial charge in [-0.25, -0.2) is 0 Å². The predicted molar refractivity (Wildman–Crippen MR) is 109 cm³/mol. The second kappa shape index (κ2) is 4.17. The summed E-state index contributed by atoms with van der Waals surface area (Å²) in [5.41, 5.74) is 4.24. The average Bonchev–Trinajstić information content (AvgIpc) is 3.24. The van der Waals surface area contributed by atoms with Crippen molar-refractivity contribution in [1.82, 2.24) is 4.98 Å². The van der Waals surface area contributed by atoms with Crippen LogP contribution in [0, 0.1) is 0 Å². The lowest BCUT2D eigenvalue weighted by Crippen LogP contribution is -1.80. The third-order valence-electron chi connectivity index (χ3n) is 5.75. The SMILES string of the molecule is c1ccc2c(c1)c1cccc3[nH]c4ccc5oc6cccc2c6c5c4c31. The van der Waals surface area contributed by atoms with Crippen molar-refractivity contribution in [3.8, 4) is 0 Å². The molecule has 26 heavy (non-hydrogen) atoms. The maximum Gasteiger partial charge on any atom is 0.136 e. The molecule has 0 aliphatic rings. The van der Waals surface area contributed by atoms with Gasteiger partial charge >= 0.3 is 0 Å². The zero-order chi connectivity index (χ0) is 16.8. The van der Waals surface area contributed by atoms with Crippen LogP contribution in [0.5, 0.6) is 0 Å². The summed E-state index contributed by atoms with van der Waals surface area (Å²) >= 11 is 0. The van der Waals surface area contributed by atoms with Gasteiger partial charge in [0.25, 0.3) is 0 Å². The maximum atomic E-state index is 6.25. The second-order valence-corrected chi connectivity index (χ2v) is 7.04. The van der Waals surface area contributed by atoms with Gasteiger partial charge in [0, 0.05) is 32.6 Å². The van der Waals surface area contributed by atoms with E-state index in [0.717, 1.165) is 16.7 Å². The molecular formula is C24H13NO. The molecule has 0 fully saturated rings. The van der Waals surface area contributed by atoms with E-state index in [1.165, 1.54) is 48.6 Å². The van der Waals surface area contributed by atoms with Gasteiger partial charge < -0.3 is 9.40 Å². The molecule has 1 N–H and O–H groups in total. The molecule has 2 nitrogen and oxygen atoms in total. The van der Waals surface area contributed by atoms with Gasteiger partial charge in [-0.2, -0.15) is 0 Å². The fourth-order valence-electron chi connectivity index (χ4n) is 4.75. The third-order valence-corrected chi connectivity index (χ3v) is 5.75. The van der Waals surface area contributed by atoms with Crippen LogP contribution in [-0.4, -0.2) is 4.98 Å². The van der Waals surface area contributed by atoms with Crippen LogP contribution < -0.4 is 0 Å². The van der Waals surface area contributed by atoms with E-state index in [9.17, 15) is 0 Å². The topological polar surface area (TPSA) is 28.9 Å². The normalized spacial score (nSPS) is 12.6. The Morgan fingerprint density at radius 1 is 0.462 bits per heavy atom. The van der Waals surface area contributed by atoms with E-state index in [1.807, 2.05) is 0 Å². The van der Waals surface area contributed by atoms with Crippen molar-refractivity contribution in [2.75, 3.05) is 0 Å². The number of rotatable bonds is 0. The Morgan fingerprint density at radius 2 is 1.12 bits per heavy atom. The first-order valence-electron chi connectivity index (χ1n) is 8.88. The number of furan rings is 1. The van der Waals surface area contributed by atoms with E-state index in [-0.39, 0.29) is 0 Å². The quantitative estimate of drug-likeness (QED) is 0.319. The summed E-state index contributed by atoms with van der Waals surface area (Å²) in [4.78, 5) is 3.61. The molecule has 2 aromatic heterocycles. The molecule has 7 aromatic rings. The van der Waals surface area contributed by atoms with E-state index in [4.69, 9.17) is 4.42 Å². The summed E-state index contributed by atoms with van der Waals surface area (Å²) in [5.74, 6) is 0. The van der Waals surface area contributed by atoms with Crippen LogP contribution >= 0.6 is 0 Å². The lowest BCUT2D eigenvalue weighted by Gasteiger charge is -2.06. The molecule has 120 valence electrons. The highest BCUT2D eigenvalue weighted by atomic mass is 16.3. The standard InChI is InChI=1S/C24H13NO/c1-2-6-14-13(5-1)15-7-3-9-17-21(15)23-18(25-17)11-12-20-24(23)22-16(14)8-4-10-19(22)26-20/h1-12,25H. The van der Waals surface area contributed by atoms with E-state index in [2.05, 4.69) is 77.8 Å². The molecule has 0 aliphatic carbocycles. The molecule has 0 saturated heterocycles. The Hall–Kier alpha value is -3.52. The van der Waals surface area contributed by atoms with Gasteiger partial charge in [-0.05, 0) is 45.8 Å². The van der Waals surface area contributed by atoms with Gasteiger partial charge in [0.1, 0.15) is 11.2 Å². The number of hydrogen-bond donors (Lipinski definition) is 1. The molecule has 5 aromatic carbocycles. The van der Waals surface area contributed by atoms with E-state index in [1.54, 1.807) is 0 Å². The van der Waals surface area contributed by atoms with E-state index >= 15 is 0 Å². The highest BCUT2D eigenvalue weighted by Gasteiger charge is 2.19. The minimum Gasteiger partial charge on any atom is -0.456 e. The smallest absolute Gasteiger partial charge is 0.136 e. The van der Waals surface area contributed by atoms with Crippen LogP contribution in [0.1, 0.15) is 0 Å². The van der Waals surface area contributed by atoms with Gasteiger partial charge in [-0.3, -0.25) is 0 Å². The van der Waals surface area contributed by atoms with Crippen LogP contribution in [0.15, 0.2) is 77.2 Å². The van der Waals surface area contributed by atoms with Crippen LogP contribution in [0.2, 0.25) is 0 Å². The summed E-state index contributed by atoms with van der Waals surface area (Å²) in [6, 6.07) is 25.8. The highest BCUT2D eigenvalue weighted by molar-refractivity contribution is 6.37. The summed E-state index contributed by atoms with van der Waals surface area (Å²) in [6.07, 6.45) is 0. The number of benzene rings is 4. The van der Waals surface area contributed by atoms with Crippen LogP contribution in [0.4, 0.5) is 0 Å². The first-order valence-corrected chi connectivity index (χ1v) is 8.88. The van der Waals surface area contributed by atoms with Crippen molar-refractivity contribution in [1.29, 1.82) is 0 Å². The molecule has 7 rings (SSSR count). The molecule has 0 bridgehead atoms. The third kappa shape index (κ3) is 1.33. The van der Waals surface area contributed by atoms with Crippen molar-refractivity contribution in [2.45, 2.75) is 0 Å². The Kier molecular flexibility index (Phi) is 2.05. The molecule has 0 spiro atoms. The van der Waals surface area contributed by atoms with Crippen LogP contribution in [-0.2, 0) is 0 Å². The molecule has 0 atom stereocenters. The van der Waals surface area contributed by atoms with Crippen LogP contribution in [0.25, 0.3) is 65.3 Å². The average molecular weight is 331 g/mol. The molecule has 2 heterocycles. The summed E-state index contributed by atoms with van der Waals surface area (Å²) in [5, 5.41) is 10.1. The number of aromatic amines is 1. The number of H-pyrrole nitrogens is 1. The summed E-state index contributed by atoms with van der Waals surface area (Å²) in [7, 11) is 0. The fourth-order valence-corrected chi connectivity index (χ4v) is 4.75. The van der Waals surface area contributed by atoms with E-state index in [0.29, 0.717) is 0 Å². The van der Waals surface area contributed by atoms with Gasteiger partial charge in [-0.1, -0.05) is 48.5 Å². The highest BCUT2D eigenvalue weighted by Crippen LogP contribution is 2.44. The second-order valence-electron chi connectivity index (χ2n) is 7.04. The summed E-state index contributed by atoms with van der Waals surface area (Å²) < 4.78 is 6.25. The van der Waals surface area contributed by atoms with Gasteiger partial charge in [0.2, 0.25) is 0 Å². The van der Waals surface area contributed by atoms with Crippen molar-refractivity contribution in [2.24, 2.45) is 0 Å². The minimum absolute atomic E-state index is 0.952. The zero-order valence-corrected chi connectivity index (χ0v) is 13.8. The molecule has 0 radical (unpaired) electrons. The Balaban J connectivity index is 2.08. The molecular weight excluding hydrogens is 318 g/mol. The Labute approximate surface area is 148 Å².